The molecule has 6 heteroatoms. The zero-order valence-electron chi connectivity index (χ0n) is 9.51. The molecule has 0 aromatic heterocycles. The van der Waals surface area contributed by atoms with Crippen LogP contribution in [0.5, 0.6) is 0 Å². The van der Waals surface area contributed by atoms with E-state index in [0.717, 1.165) is 5.56 Å². The molecule has 0 aliphatic rings. The maximum Gasteiger partial charge on any atom is 0.0715 e. The molecule has 17 heavy (non-hydrogen) atoms. The summed E-state index contributed by atoms with van der Waals surface area (Å²) in [4.78, 5) is 0. The van der Waals surface area contributed by atoms with Crippen molar-refractivity contribution in [2.75, 3.05) is 25.4 Å². The average Bonchev–Trinajstić information content (AvgIpc) is 2.30. The first-order valence-electron chi connectivity index (χ1n) is 5.33. The maximum atomic E-state index is 12.4. The van der Waals surface area contributed by atoms with E-state index in [2.05, 4.69) is 4.36 Å². The quantitative estimate of drug-likeness (QED) is 0.821. The zero-order chi connectivity index (χ0) is 12.7. The lowest BCUT2D eigenvalue weighted by molar-refractivity contribution is 0.307. The van der Waals surface area contributed by atoms with Crippen molar-refractivity contribution in [3.63, 3.8) is 0 Å². The topological polar surface area (TPSA) is 75.7 Å². The van der Waals surface area contributed by atoms with E-state index in [4.69, 9.17) is 22.4 Å². The third-order valence-corrected chi connectivity index (χ3v) is 4.73. The number of nitrogens with two attached hydrogens (primary N) is 1. The molecule has 1 atom stereocenters. The fraction of sp³-hybridized carbons (Fsp3) is 0.455. The number of halogens is 1. The number of aliphatic hydroxyl groups excluding tert-OH is 1. The highest BCUT2D eigenvalue weighted by Crippen LogP contribution is 2.13. The molecule has 0 aliphatic carbocycles. The van der Waals surface area contributed by atoms with E-state index in [0.29, 0.717) is 23.1 Å². The van der Waals surface area contributed by atoms with Gasteiger partial charge in [-0.3, -0.25) is 0 Å². The maximum absolute atomic E-state index is 12.4. The SMILES string of the molecule is NCCS(=O)(Cc1ccc(Cl)cc1)=NCCO. The van der Waals surface area contributed by atoms with Gasteiger partial charge in [-0.25, -0.2) is 8.57 Å². The molecule has 0 spiro atoms. The van der Waals surface area contributed by atoms with E-state index in [9.17, 15) is 4.21 Å². The standard InChI is InChI=1S/C11H17ClN2O2S/c12-11-3-1-10(2-4-11)9-17(16,8-5-13)14-6-7-15/h1-4,15H,5-9,13H2. The van der Waals surface area contributed by atoms with Crippen molar-refractivity contribution >= 4 is 21.3 Å². The molecule has 0 radical (unpaired) electrons. The van der Waals surface area contributed by atoms with Crippen molar-refractivity contribution in [1.82, 2.24) is 0 Å². The smallest absolute Gasteiger partial charge is 0.0715 e. The number of hydrogen-bond acceptors (Lipinski definition) is 4. The monoisotopic (exact) mass is 276 g/mol. The lowest BCUT2D eigenvalue weighted by Crippen LogP contribution is -2.18. The average molecular weight is 277 g/mol. The minimum Gasteiger partial charge on any atom is -0.394 e. The highest BCUT2D eigenvalue weighted by atomic mass is 35.5. The van der Waals surface area contributed by atoms with Gasteiger partial charge in [0.1, 0.15) is 0 Å². The minimum absolute atomic E-state index is 0.0951. The van der Waals surface area contributed by atoms with Crippen LogP contribution in [-0.4, -0.2) is 34.8 Å². The molecule has 96 valence electrons. The molecule has 3 N–H and O–H groups in total. The lowest BCUT2D eigenvalue weighted by atomic mass is 10.2. The Kier molecular flexibility index (Phi) is 5.91. The number of nitrogens with zero attached hydrogens (tertiary/aromatic N) is 1. The number of benzene rings is 1. The van der Waals surface area contributed by atoms with Crippen LogP contribution in [-0.2, 0) is 15.5 Å². The molecule has 1 aromatic carbocycles. The molecular weight excluding hydrogens is 260 g/mol. The summed E-state index contributed by atoms with van der Waals surface area (Å²) in [5, 5.41) is 9.38. The molecule has 4 nitrogen and oxygen atoms in total. The summed E-state index contributed by atoms with van der Waals surface area (Å²) in [6.45, 7) is 0.413. The number of rotatable bonds is 6. The second kappa shape index (κ2) is 6.96. The first-order valence-corrected chi connectivity index (χ1v) is 7.56. The van der Waals surface area contributed by atoms with Gasteiger partial charge >= 0.3 is 0 Å². The fourth-order valence-corrected chi connectivity index (χ4v) is 3.40. The molecule has 0 fully saturated rings. The highest BCUT2D eigenvalue weighted by molar-refractivity contribution is 7.92. The Morgan fingerprint density at radius 1 is 1.35 bits per heavy atom. The van der Waals surface area contributed by atoms with E-state index in [-0.39, 0.29) is 13.2 Å². The molecule has 0 heterocycles. The van der Waals surface area contributed by atoms with Gasteiger partial charge in [0, 0.05) is 17.3 Å². The molecule has 1 rings (SSSR count). The lowest BCUT2D eigenvalue weighted by Gasteiger charge is -2.09. The second-order valence-electron chi connectivity index (χ2n) is 3.61. The molecule has 0 amide bonds. The molecule has 0 aliphatic heterocycles. The van der Waals surface area contributed by atoms with Crippen LogP contribution in [0, 0.1) is 0 Å². The van der Waals surface area contributed by atoms with Gasteiger partial charge in [0.15, 0.2) is 0 Å². The van der Waals surface area contributed by atoms with Gasteiger partial charge in [0.2, 0.25) is 0 Å². The van der Waals surface area contributed by atoms with Crippen LogP contribution in [0.15, 0.2) is 28.6 Å². The molecule has 0 saturated heterocycles. The molecular formula is C11H17ClN2O2S. The Morgan fingerprint density at radius 3 is 2.53 bits per heavy atom. The third-order valence-electron chi connectivity index (χ3n) is 2.17. The second-order valence-corrected chi connectivity index (χ2v) is 6.55. The third kappa shape index (κ3) is 5.04. The van der Waals surface area contributed by atoms with Gasteiger partial charge in [-0.15, -0.1) is 0 Å². The van der Waals surface area contributed by atoms with Crippen LogP contribution in [0.25, 0.3) is 0 Å². The predicted molar refractivity (Wildman–Crippen MR) is 71.6 cm³/mol. The predicted octanol–water partition coefficient (Wildman–Crippen LogP) is 1.26. The van der Waals surface area contributed by atoms with Crippen molar-refractivity contribution in [2.45, 2.75) is 5.75 Å². The van der Waals surface area contributed by atoms with Gasteiger partial charge < -0.3 is 10.8 Å². The Hall–Kier alpha value is -0.620. The zero-order valence-corrected chi connectivity index (χ0v) is 11.1. The first-order chi connectivity index (χ1) is 8.09. The molecule has 1 unspecified atom stereocenters. The highest BCUT2D eigenvalue weighted by Gasteiger charge is 2.09. The van der Waals surface area contributed by atoms with Gasteiger partial charge in [0.25, 0.3) is 0 Å². The van der Waals surface area contributed by atoms with E-state index in [1.54, 1.807) is 12.1 Å². The van der Waals surface area contributed by atoms with Crippen molar-refractivity contribution in [1.29, 1.82) is 0 Å². The van der Waals surface area contributed by atoms with Gasteiger partial charge in [-0.1, -0.05) is 23.7 Å². The Labute approximate surface area is 107 Å². The van der Waals surface area contributed by atoms with Crippen molar-refractivity contribution < 1.29 is 9.32 Å². The summed E-state index contributed by atoms with van der Waals surface area (Å²) in [5.74, 6) is 0.691. The summed E-state index contributed by atoms with van der Waals surface area (Å²) in [6, 6.07) is 7.16. The largest absolute Gasteiger partial charge is 0.394 e. The summed E-state index contributed by atoms with van der Waals surface area (Å²) >= 11 is 5.78. The summed E-state index contributed by atoms with van der Waals surface area (Å²) in [5.41, 5.74) is 6.35. The fourth-order valence-electron chi connectivity index (χ4n) is 1.41. The number of aliphatic hydroxyl groups is 1. The van der Waals surface area contributed by atoms with Gasteiger partial charge in [-0.05, 0) is 17.7 Å². The van der Waals surface area contributed by atoms with E-state index in [1.165, 1.54) is 0 Å². The van der Waals surface area contributed by atoms with Crippen LogP contribution in [0.3, 0.4) is 0 Å². The van der Waals surface area contributed by atoms with Gasteiger partial charge in [0.05, 0.1) is 28.6 Å². The van der Waals surface area contributed by atoms with Crippen molar-refractivity contribution in [3.05, 3.63) is 34.9 Å². The normalized spacial score (nSPS) is 14.3. The Balaban J connectivity index is 2.87. The van der Waals surface area contributed by atoms with Crippen molar-refractivity contribution in [3.8, 4) is 0 Å². The van der Waals surface area contributed by atoms with Gasteiger partial charge in [-0.2, -0.15) is 0 Å². The summed E-state index contributed by atoms with van der Waals surface area (Å²) in [6.07, 6.45) is 0. The number of hydrogen-bond donors (Lipinski definition) is 2. The van der Waals surface area contributed by atoms with E-state index < -0.39 is 9.73 Å². The summed E-state index contributed by atoms with van der Waals surface area (Å²) < 4.78 is 16.5. The minimum atomic E-state index is -2.37. The molecule has 0 saturated carbocycles. The summed E-state index contributed by atoms with van der Waals surface area (Å²) in [7, 11) is -2.37. The van der Waals surface area contributed by atoms with Crippen LogP contribution in [0.2, 0.25) is 5.02 Å². The van der Waals surface area contributed by atoms with Crippen LogP contribution < -0.4 is 5.73 Å². The van der Waals surface area contributed by atoms with E-state index >= 15 is 0 Å². The first kappa shape index (κ1) is 14.4. The van der Waals surface area contributed by atoms with E-state index in [1.807, 2.05) is 12.1 Å². The van der Waals surface area contributed by atoms with Crippen LogP contribution >= 0.6 is 11.6 Å². The van der Waals surface area contributed by atoms with Crippen LogP contribution in [0.4, 0.5) is 0 Å². The molecule has 1 aromatic rings. The Morgan fingerprint density at radius 2 is 2.00 bits per heavy atom. The Bertz CT molecular complexity index is 453. The molecule has 0 bridgehead atoms. The van der Waals surface area contributed by atoms with Crippen LogP contribution in [0.1, 0.15) is 5.56 Å². The van der Waals surface area contributed by atoms with Crippen molar-refractivity contribution in [2.24, 2.45) is 10.1 Å².